The van der Waals surface area contributed by atoms with Crippen molar-refractivity contribution >= 4 is 5.69 Å². The van der Waals surface area contributed by atoms with Gasteiger partial charge in [-0.15, -0.1) is 0 Å². The van der Waals surface area contributed by atoms with Crippen molar-refractivity contribution in [2.45, 2.75) is 44.4 Å². The Labute approximate surface area is 148 Å². The van der Waals surface area contributed by atoms with Gasteiger partial charge in [0.15, 0.2) is 0 Å². The topological polar surface area (TPSA) is 54.3 Å². The van der Waals surface area contributed by atoms with Crippen LogP contribution in [0.5, 0.6) is 0 Å². The third-order valence-corrected chi connectivity index (χ3v) is 5.04. The van der Waals surface area contributed by atoms with Gasteiger partial charge in [-0.3, -0.25) is 0 Å². The van der Waals surface area contributed by atoms with E-state index >= 15 is 0 Å². The van der Waals surface area contributed by atoms with Gasteiger partial charge in [0.2, 0.25) is 0 Å². The number of hydrogen-bond donors (Lipinski definition) is 1. The van der Waals surface area contributed by atoms with Crippen molar-refractivity contribution in [2.24, 2.45) is 0 Å². The maximum absolute atomic E-state index is 9.19. The van der Waals surface area contributed by atoms with E-state index in [-0.39, 0.29) is 23.7 Å². The van der Waals surface area contributed by atoms with Crippen LogP contribution in [0.2, 0.25) is 0 Å². The number of rotatable bonds is 1. The molecule has 1 saturated heterocycles. The molecule has 128 valence electrons. The summed E-state index contributed by atoms with van der Waals surface area (Å²) in [4.78, 5) is 0. The van der Waals surface area contributed by atoms with Crippen LogP contribution in [0, 0.1) is 11.3 Å². The summed E-state index contributed by atoms with van der Waals surface area (Å²) >= 11 is 0. The Kier molecular flexibility index (Phi) is 3.79. The molecule has 4 rings (SSSR count). The minimum absolute atomic E-state index is 0.0335. The lowest BCUT2D eigenvalue weighted by atomic mass is 9.82. The number of benzene rings is 2. The Hall–Kier alpha value is -2.35. The predicted octanol–water partition coefficient (Wildman–Crippen LogP) is 4.44. The minimum Gasteiger partial charge on any atom is -0.375 e. The molecule has 3 unspecified atom stereocenters. The number of anilines is 1. The number of nitrogens with one attached hydrogen (secondary N) is 1. The Morgan fingerprint density at radius 1 is 1.12 bits per heavy atom. The molecule has 2 aliphatic rings. The lowest BCUT2D eigenvalue weighted by molar-refractivity contribution is 0.0367. The molecule has 1 fully saturated rings. The van der Waals surface area contributed by atoms with E-state index in [1.54, 1.807) is 0 Å². The second kappa shape index (κ2) is 5.87. The largest absolute Gasteiger partial charge is 0.375 e. The standard InChI is InChI=1S/C21H22N2O2/c1-21(2,3)15-7-8-17-16(10-15)19-20(25-12-24-19)18(23-17)14-6-4-5-13(9-14)11-22/h4-10,18-20,23H,12H2,1-3H3. The third-order valence-electron chi connectivity index (χ3n) is 5.04. The van der Waals surface area contributed by atoms with Crippen molar-refractivity contribution in [1.29, 1.82) is 5.26 Å². The van der Waals surface area contributed by atoms with E-state index in [1.165, 1.54) is 5.56 Å². The number of nitrogens with zero attached hydrogens (tertiary/aromatic N) is 1. The van der Waals surface area contributed by atoms with Crippen molar-refractivity contribution in [3.05, 3.63) is 64.7 Å². The average Bonchev–Trinajstić information content (AvgIpc) is 3.10. The summed E-state index contributed by atoms with van der Waals surface area (Å²) in [5.74, 6) is 0. The van der Waals surface area contributed by atoms with Crippen molar-refractivity contribution in [3.63, 3.8) is 0 Å². The summed E-state index contributed by atoms with van der Waals surface area (Å²) in [6.07, 6.45) is -0.189. The van der Waals surface area contributed by atoms with Gasteiger partial charge in [-0.05, 0) is 34.7 Å². The van der Waals surface area contributed by atoms with Gasteiger partial charge in [0, 0.05) is 11.3 Å². The van der Waals surface area contributed by atoms with E-state index in [0.29, 0.717) is 12.4 Å². The average molecular weight is 334 g/mol. The molecule has 3 atom stereocenters. The molecule has 0 aromatic heterocycles. The van der Waals surface area contributed by atoms with Crippen molar-refractivity contribution in [1.82, 2.24) is 0 Å². The fourth-order valence-corrected chi connectivity index (χ4v) is 3.63. The fourth-order valence-electron chi connectivity index (χ4n) is 3.63. The molecule has 2 aromatic carbocycles. The molecule has 0 radical (unpaired) electrons. The summed E-state index contributed by atoms with van der Waals surface area (Å²) in [7, 11) is 0. The maximum atomic E-state index is 9.19. The van der Waals surface area contributed by atoms with Crippen LogP contribution >= 0.6 is 0 Å². The predicted molar refractivity (Wildman–Crippen MR) is 96.2 cm³/mol. The van der Waals surface area contributed by atoms with Gasteiger partial charge in [0.25, 0.3) is 0 Å². The molecule has 0 saturated carbocycles. The van der Waals surface area contributed by atoms with Gasteiger partial charge in [0.05, 0.1) is 17.7 Å². The van der Waals surface area contributed by atoms with E-state index in [1.807, 2.05) is 24.3 Å². The zero-order valence-electron chi connectivity index (χ0n) is 14.7. The highest BCUT2D eigenvalue weighted by Crippen LogP contribution is 2.46. The van der Waals surface area contributed by atoms with Gasteiger partial charge < -0.3 is 14.8 Å². The van der Waals surface area contributed by atoms with Gasteiger partial charge >= 0.3 is 0 Å². The first-order valence-corrected chi connectivity index (χ1v) is 8.61. The molecule has 2 aliphatic heterocycles. The van der Waals surface area contributed by atoms with E-state index in [4.69, 9.17) is 9.47 Å². The smallest absolute Gasteiger partial charge is 0.148 e. The fraction of sp³-hybridized carbons (Fsp3) is 0.381. The molecule has 1 N–H and O–H groups in total. The Morgan fingerprint density at radius 3 is 2.72 bits per heavy atom. The number of fused-ring (bicyclic) bond motifs is 3. The highest BCUT2D eigenvalue weighted by Gasteiger charge is 2.43. The van der Waals surface area contributed by atoms with Crippen LogP contribution < -0.4 is 5.32 Å². The minimum atomic E-state index is -0.100. The first-order valence-electron chi connectivity index (χ1n) is 8.61. The molecular weight excluding hydrogens is 312 g/mol. The molecule has 2 aromatic rings. The van der Waals surface area contributed by atoms with Crippen LogP contribution in [0.25, 0.3) is 0 Å². The van der Waals surface area contributed by atoms with E-state index in [2.05, 4.69) is 50.4 Å². The third kappa shape index (κ3) is 2.80. The van der Waals surface area contributed by atoms with E-state index < -0.39 is 0 Å². The van der Waals surface area contributed by atoms with Gasteiger partial charge in [-0.25, -0.2) is 0 Å². The second-order valence-electron chi connectivity index (χ2n) is 7.75. The maximum Gasteiger partial charge on any atom is 0.148 e. The number of nitriles is 1. The molecular formula is C21H22N2O2. The molecule has 25 heavy (non-hydrogen) atoms. The molecule has 0 bridgehead atoms. The summed E-state index contributed by atoms with van der Waals surface area (Å²) < 4.78 is 11.8. The quantitative estimate of drug-likeness (QED) is 0.838. The SMILES string of the molecule is CC(C)(C)c1ccc2c(c1)C1OCOC1C(c1cccc(C#N)c1)N2. The van der Waals surface area contributed by atoms with E-state index in [9.17, 15) is 5.26 Å². The number of hydrogen-bond acceptors (Lipinski definition) is 4. The van der Waals surface area contributed by atoms with Crippen LogP contribution in [0.3, 0.4) is 0 Å². The molecule has 4 heteroatoms. The lowest BCUT2D eigenvalue weighted by Gasteiger charge is -2.36. The first-order chi connectivity index (χ1) is 12.0. The van der Waals surface area contributed by atoms with E-state index in [0.717, 1.165) is 16.8 Å². The normalized spacial score (nSPS) is 24.8. The Morgan fingerprint density at radius 2 is 1.96 bits per heavy atom. The zero-order chi connectivity index (χ0) is 17.6. The van der Waals surface area contributed by atoms with Crippen LogP contribution in [0.15, 0.2) is 42.5 Å². The summed E-state index contributed by atoms with van der Waals surface area (Å²) in [6.45, 7) is 6.94. The summed E-state index contributed by atoms with van der Waals surface area (Å²) in [5.41, 5.74) is 5.30. The van der Waals surface area contributed by atoms with Gasteiger partial charge in [-0.1, -0.05) is 45.0 Å². The first kappa shape index (κ1) is 16.1. The molecule has 0 amide bonds. The Balaban J connectivity index is 1.76. The summed E-state index contributed by atoms with van der Waals surface area (Å²) in [6, 6.07) is 16.4. The molecule has 4 nitrogen and oxygen atoms in total. The van der Waals surface area contributed by atoms with Gasteiger partial charge in [0.1, 0.15) is 19.0 Å². The Bertz CT molecular complexity index is 848. The molecule has 0 aliphatic carbocycles. The molecule has 0 spiro atoms. The van der Waals surface area contributed by atoms with Crippen LogP contribution in [0.4, 0.5) is 5.69 Å². The summed E-state index contributed by atoms with van der Waals surface area (Å²) in [5, 5.41) is 12.8. The van der Waals surface area contributed by atoms with Crippen LogP contribution in [-0.2, 0) is 14.9 Å². The second-order valence-corrected chi connectivity index (χ2v) is 7.75. The lowest BCUT2D eigenvalue weighted by Crippen LogP contribution is -2.34. The monoisotopic (exact) mass is 334 g/mol. The van der Waals surface area contributed by atoms with Crippen LogP contribution in [0.1, 0.15) is 55.2 Å². The van der Waals surface area contributed by atoms with Crippen molar-refractivity contribution < 1.29 is 9.47 Å². The zero-order valence-corrected chi connectivity index (χ0v) is 14.7. The van der Waals surface area contributed by atoms with Gasteiger partial charge in [-0.2, -0.15) is 5.26 Å². The van der Waals surface area contributed by atoms with Crippen molar-refractivity contribution in [3.8, 4) is 6.07 Å². The highest BCUT2D eigenvalue weighted by molar-refractivity contribution is 5.59. The number of ether oxygens (including phenoxy) is 2. The van der Waals surface area contributed by atoms with Crippen molar-refractivity contribution in [2.75, 3.05) is 12.1 Å². The highest BCUT2D eigenvalue weighted by atomic mass is 16.7. The van der Waals surface area contributed by atoms with Crippen LogP contribution in [-0.4, -0.2) is 12.9 Å². The molecule has 2 heterocycles.